The zero-order valence-electron chi connectivity index (χ0n) is 15.5. The number of nitro benzene ring substituents is 1. The number of nitrogens with one attached hydrogen (secondary N) is 1. The fraction of sp³-hybridized carbons (Fsp3) is 0.238. The summed E-state index contributed by atoms with van der Waals surface area (Å²) in [6.07, 6.45) is 0. The van der Waals surface area contributed by atoms with Gasteiger partial charge in [-0.1, -0.05) is 25.7 Å². The van der Waals surface area contributed by atoms with E-state index < -0.39 is 29.3 Å². The molecule has 7 heteroatoms. The SMILES string of the molecule is CC(C)[C@H](NC(=O)c1ccc(C#Cc2ccc([N+](=O)[O-])cc2)cc1)C(=O)CO. The van der Waals surface area contributed by atoms with Crippen molar-refractivity contribution in [2.24, 2.45) is 5.92 Å². The second-order valence-electron chi connectivity index (χ2n) is 6.45. The summed E-state index contributed by atoms with van der Waals surface area (Å²) in [5.74, 6) is 4.84. The number of ketones is 1. The number of non-ortho nitro benzene ring substituents is 1. The Hall–Kier alpha value is -3.50. The highest BCUT2D eigenvalue weighted by Crippen LogP contribution is 2.12. The minimum atomic E-state index is -0.751. The third kappa shape index (κ3) is 5.50. The first-order chi connectivity index (χ1) is 13.3. The lowest BCUT2D eigenvalue weighted by molar-refractivity contribution is -0.384. The van der Waals surface area contributed by atoms with Crippen molar-refractivity contribution in [3.63, 3.8) is 0 Å². The summed E-state index contributed by atoms with van der Waals surface area (Å²) in [7, 11) is 0. The molecule has 0 radical (unpaired) electrons. The van der Waals surface area contributed by atoms with Crippen molar-refractivity contribution >= 4 is 17.4 Å². The van der Waals surface area contributed by atoms with Crippen LogP contribution >= 0.6 is 0 Å². The minimum absolute atomic E-state index is 0.000275. The Kier molecular flexibility index (Phi) is 7.02. The third-order valence-electron chi connectivity index (χ3n) is 4.03. The van der Waals surface area contributed by atoms with E-state index in [1.165, 1.54) is 12.1 Å². The lowest BCUT2D eigenvalue weighted by Crippen LogP contribution is -2.45. The summed E-state index contributed by atoms with van der Waals surface area (Å²) in [5, 5.41) is 22.3. The molecular formula is C21H20N2O5. The van der Waals surface area contributed by atoms with Crippen molar-refractivity contribution < 1.29 is 19.6 Å². The lowest BCUT2D eigenvalue weighted by Gasteiger charge is -2.20. The summed E-state index contributed by atoms with van der Waals surface area (Å²) < 4.78 is 0. The maximum Gasteiger partial charge on any atom is 0.269 e. The van der Waals surface area contributed by atoms with E-state index in [4.69, 9.17) is 5.11 Å². The molecule has 0 bridgehead atoms. The molecule has 2 aromatic carbocycles. The molecule has 0 aromatic heterocycles. The summed E-state index contributed by atoms with van der Waals surface area (Å²) >= 11 is 0. The summed E-state index contributed by atoms with van der Waals surface area (Å²) in [6.45, 7) is 2.95. The molecule has 0 aliphatic heterocycles. The number of Topliss-reactive ketones (excluding diaryl/α,β-unsaturated/α-hetero) is 1. The zero-order chi connectivity index (χ0) is 20.7. The highest BCUT2D eigenvalue weighted by Gasteiger charge is 2.23. The van der Waals surface area contributed by atoms with Crippen LogP contribution in [-0.2, 0) is 4.79 Å². The number of aliphatic hydroxyl groups excluding tert-OH is 1. The van der Waals surface area contributed by atoms with Gasteiger partial charge < -0.3 is 10.4 Å². The van der Waals surface area contributed by atoms with Crippen LogP contribution in [-0.4, -0.2) is 34.4 Å². The first kappa shape index (κ1) is 20.8. The maximum atomic E-state index is 12.3. The molecular weight excluding hydrogens is 360 g/mol. The Labute approximate surface area is 162 Å². The van der Waals surface area contributed by atoms with E-state index in [1.54, 1.807) is 50.2 Å². The van der Waals surface area contributed by atoms with Crippen LogP contribution in [0.15, 0.2) is 48.5 Å². The van der Waals surface area contributed by atoms with Crippen molar-refractivity contribution in [2.75, 3.05) is 6.61 Å². The van der Waals surface area contributed by atoms with Crippen LogP contribution in [0.3, 0.4) is 0 Å². The van der Waals surface area contributed by atoms with E-state index in [9.17, 15) is 19.7 Å². The smallest absolute Gasteiger partial charge is 0.269 e. The highest BCUT2D eigenvalue weighted by atomic mass is 16.6. The van der Waals surface area contributed by atoms with Gasteiger partial charge in [-0.3, -0.25) is 19.7 Å². The molecule has 1 amide bonds. The van der Waals surface area contributed by atoms with Gasteiger partial charge in [-0.2, -0.15) is 0 Å². The van der Waals surface area contributed by atoms with E-state index in [2.05, 4.69) is 17.2 Å². The van der Waals surface area contributed by atoms with Crippen LogP contribution in [0.5, 0.6) is 0 Å². The van der Waals surface area contributed by atoms with E-state index in [-0.39, 0.29) is 11.6 Å². The molecule has 0 unspecified atom stereocenters. The van der Waals surface area contributed by atoms with Gasteiger partial charge in [0.1, 0.15) is 6.61 Å². The summed E-state index contributed by atoms with van der Waals surface area (Å²) in [6, 6.07) is 11.7. The first-order valence-electron chi connectivity index (χ1n) is 8.62. The van der Waals surface area contributed by atoms with Gasteiger partial charge in [0.15, 0.2) is 5.78 Å². The number of aliphatic hydroxyl groups is 1. The molecule has 2 rings (SSSR count). The third-order valence-corrected chi connectivity index (χ3v) is 4.03. The second-order valence-corrected chi connectivity index (χ2v) is 6.45. The van der Waals surface area contributed by atoms with Crippen molar-refractivity contribution in [1.82, 2.24) is 5.32 Å². The van der Waals surface area contributed by atoms with Gasteiger partial charge in [0.2, 0.25) is 0 Å². The molecule has 28 heavy (non-hydrogen) atoms. The quantitative estimate of drug-likeness (QED) is 0.454. The average Bonchev–Trinajstić information content (AvgIpc) is 2.70. The standard InChI is InChI=1S/C21H20N2O5/c1-14(2)20(19(25)13-24)22-21(26)17-9-5-15(6-10-17)3-4-16-7-11-18(12-8-16)23(27)28/h5-12,14,20,24H,13H2,1-2H3,(H,22,26)/t20-/m0/s1. The van der Waals surface area contributed by atoms with Gasteiger partial charge in [-0.25, -0.2) is 0 Å². The van der Waals surface area contributed by atoms with Gasteiger partial charge in [0, 0.05) is 28.8 Å². The van der Waals surface area contributed by atoms with Crippen molar-refractivity contribution in [1.29, 1.82) is 0 Å². The zero-order valence-corrected chi connectivity index (χ0v) is 15.5. The van der Waals surface area contributed by atoms with Gasteiger partial charge >= 0.3 is 0 Å². The maximum absolute atomic E-state index is 12.3. The number of benzene rings is 2. The molecule has 0 saturated carbocycles. The summed E-state index contributed by atoms with van der Waals surface area (Å²) in [4.78, 5) is 34.2. The van der Waals surface area contributed by atoms with E-state index in [0.717, 1.165) is 0 Å². The first-order valence-corrected chi connectivity index (χ1v) is 8.62. The number of hydrogen-bond donors (Lipinski definition) is 2. The fourth-order valence-electron chi connectivity index (χ4n) is 2.46. The second kappa shape index (κ2) is 9.44. The number of rotatable bonds is 6. The molecule has 2 N–H and O–H groups in total. The van der Waals surface area contributed by atoms with Crippen molar-refractivity contribution in [3.8, 4) is 11.8 Å². The molecule has 7 nitrogen and oxygen atoms in total. The predicted octanol–water partition coefficient (Wildman–Crippen LogP) is 2.31. The monoisotopic (exact) mass is 380 g/mol. The molecule has 144 valence electrons. The molecule has 0 heterocycles. The van der Waals surface area contributed by atoms with E-state index >= 15 is 0 Å². The Balaban J connectivity index is 2.08. The largest absolute Gasteiger partial charge is 0.389 e. The van der Waals surface area contributed by atoms with Crippen LogP contribution in [0.4, 0.5) is 5.69 Å². The van der Waals surface area contributed by atoms with Gasteiger partial charge in [0.05, 0.1) is 11.0 Å². The van der Waals surface area contributed by atoms with Gasteiger partial charge in [-0.05, 0) is 42.3 Å². The number of nitrogens with zero attached hydrogens (tertiary/aromatic N) is 1. The Morgan fingerprint density at radius 2 is 1.54 bits per heavy atom. The van der Waals surface area contributed by atoms with E-state index in [1.807, 2.05) is 0 Å². The molecule has 0 fully saturated rings. The molecule has 1 atom stereocenters. The van der Waals surface area contributed by atoms with Crippen LogP contribution in [0.25, 0.3) is 0 Å². The van der Waals surface area contributed by atoms with E-state index in [0.29, 0.717) is 16.7 Å². The van der Waals surface area contributed by atoms with Gasteiger partial charge in [-0.15, -0.1) is 0 Å². The topological polar surface area (TPSA) is 110 Å². The van der Waals surface area contributed by atoms with Crippen LogP contribution < -0.4 is 5.32 Å². The average molecular weight is 380 g/mol. The number of carbonyl (C=O) groups excluding carboxylic acids is 2. The molecule has 2 aromatic rings. The number of hydrogen-bond acceptors (Lipinski definition) is 5. The van der Waals surface area contributed by atoms with Crippen molar-refractivity contribution in [3.05, 3.63) is 75.3 Å². The Morgan fingerprint density at radius 3 is 1.96 bits per heavy atom. The highest BCUT2D eigenvalue weighted by molar-refractivity contribution is 5.98. The molecule has 0 saturated heterocycles. The minimum Gasteiger partial charge on any atom is -0.389 e. The number of nitro groups is 1. The van der Waals surface area contributed by atoms with Crippen LogP contribution in [0.1, 0.15) is 35.3 Å². The predicted molar refractivity (Wildman–Crippen MR) is 104 cm³/mol. The molecule has 0 aliphatic carbocycles. The van der Waals surface area contributed by atoms with Crippen LogP contribution in [0.2, 0.25) is 0 Å². The summed E-state index contributed by atoms with van der Waals surface area (Å²) in [5.41, 5.74) is 1.68. The number of amides is 1. The normalized spacial score (nSPS) is 11.3. The molecule has 0 aliphatic rings. The Morgan fingerprint density at radius 1 is 1.04 bits per heavy atom. The van der Waals surface area contributed by atoms with Gasteiger partial charge in [0.25, 0.3) is 11.6 Å². The Bertz CT molecular complexity index is 922. The molecule has 0 spiro atoms. The lowest BCUT2D eigenvalue weighted by atomic mass is 9.99. The number of carbonyl (C=O) groups is 2. The van der Waals surface area contributed by atoms with Crippen molar-refractivity contribution in [2.45, 2.75) is 19.9 Å². The van der Waals surface area contributed by atoms with Crippen LogP contribution in [0, 0.1) is 27.9 Å². The fourth-order valence-corrected chi connectivity index (χ4v) is 2.46.